The molecule has 1 N–H and O–H groups in total. The van der Waals surface area contributed by atoms with Gasteiger partial charge < -0.3 is 10.2 Å². The molecule has 0 aromatic heterocycles. The molecule has 7 nitrogen and oxygen atoms in total. The van der Waals surface area contributed by atoms with Gasteiger partial charge in [-0.15, -0.1) is 0 Å². The van der Waals surface area contributed by atoms with Crippen LogP contribution in [0.25, 0.3) is 0 Å². The van der Waals surface area contributed by atoms with Gasteiger partial charge in [-0.2, -0.15) is 0 Å². The Balaban J connectivity index is 1.73. The van der Waals surface area contributed by atoms with Crippen molar-refractivity contribution in [3.8, 4) is 0 Å². The van der Waals surface area contributed by atoms with Crippen molar-refractivity contribution in [2.75, 3.05) is 10.8 Å². The smallest absolute Gasteiger partial charge is 0.264 e. The summed E-state index contributed by atoms with van der Waals surface area (Å²) in [5.41, 5.74) is 2.85. The Labute approximate surface area is 254 Å². The molecule has 0 saturated heterocycles. The van der Waals surface area contributed by atoms with Gasteiger partial charge in [-0.1, -0.05) is 80.3 Å². The first-order chi connectivity index (χ1) is 20.1. The molecule has 224 valence electrons. The molecule has 1 fully saturated rings. The topological polar surface area (TPSA) is 86.8 Å². The number of anilines is 1. The van der Waals surface area contributed by atoms with Crippen molar-refractivity contribution in [2.24, 2.45) is 0 Å². The van der Waals surface area contributed by atoms with Crippen LogP contribution in [0.4, 0.5) is 5.69 Å². The summed E-state index contributed by atoms with van der Waals surface area (Å²) < 4.78 is 29.2. The molecule has 0 heterocycles. The molecule has 1 saturated carbocycles. The van der Waals surface area contributed by atoms with E-state index < -0.39 is 28.5 Å². The van der Waals surface area contributed by atoms with Crippen molar-refractivity contribution in [3.05, 3.63) is 94.5 Å². The number of sulfonamides is 1. The summed E-state index contributed by atoms with van der Waals surface area (Å²) in [5.74, 6) is -0.663. The maximum atomic E-state index is 14.3. The Morgan fingerprint density at radius 2 is 1.60 bits per heavy atom. The van der Waals surface area contributed by atoms with E-state index in [1.165, 1.54) is 12.1 Å². The number of hydrogen-bond donors (Lipinski definition) is 1. The van der Waals surface area contributed by atoms with E-state index in [9.17, 15) is 18.0 Å². The lowest BCUT2D eigenvalue weighted by Crippen LogP contribution is -2.54. The van der Waals surface area contributed by atoms with Crippen LogP contribution in [0.2, 0.25) is 5.02 Å². The fourth-order valence-corrected chi connectivity index (χ4v) is 7.29. The van der Waals surface area contributed by atoms with Gasteiger partial charge in [-0.05, 0) is 80.1 Å². The number of nitrogens with zero attached hydrogens (tertiary/aromatic N) is 2. The van der Waals surface area contributed by atoms with Crippen LogP contribution in [0.1, 0.15) is 62.1 Å². The largest absolute Gasteiger partial charge is 0.352 e. The molecule has 0 bridgehead atoms. The van der Waals surface area contributed by atoms with Gasteiger partial charge in [-0.25, -0.2) is 8.42 Å². The number of benzene rings is 3. The SMILES string of the molecule is CCC(C(=O)NC1CCCCC1)N(Cc1ccccc1C)C(=O)CN(c1ccc(Cl)cc1C)S(=O)(=O)c1ccccc1. The quantitative estimate of drug-likeness (QED) is 0.272. The van der Waals surface area contributed by atoms with Gasteiger partial charge in [0.1, 0.15) is 12.6 Å². The molecular formula is C33H40ClN3O4S. The zero-order valence-corrected chi connectivity index (χ0v) is 26.1. The first kappa shape index (κ1) is 31.6. The second kappa shape index (κ2) is 14.2. The van der Waals surface area contributed by atoms with Crippen molar-refractivity contribution in [1.82, 2.24) is 10.2 Å². The molecule has 42 heavy (non-hydrogen) atoms. The van der Waals surface area contributed by atoms with E-state index in [0.717, 1.165) is 47.5 Å². The van der Waals surface area contributed by atoms with E-state index in [4.69, 9.17) is 11.6 Å². The van der Waals surface area contributed by atoms with Gasteiger partial charge in [-0.3, -0.25) is 13.9 Å². The second-order valence-electron chi connectivity index (χ2n) is 11.0. The molecule has 1 unspecified atom stereocenters. The first-order valence-electron chi connectivity index (χ1n) is 14.6. The summed E-state index contributed by atoms with van der Waals surface area (Å²) in [6.07, 6.45) is 5.54. The fraction of sp³-hybridized carbons (Fsp3) is 0.394. The van der Waals surface area contributed by atoms with E-state index in [0.29, 0.717) is 22.7 Å². The zero-order valence-electron chi connectivity index (χ0n) is 24.6. The van der Waals surface area contributed by atoms with E-state index in [1.807, 2.05) is 38.1 Å². The standard InChI is InChI=1S/C33H40ClN3O4S/c1-4-30(33(39)35-28-15-7-5-8-16-28)36(22-26-14-12-11-13-24(26)2)32(38)23-37(31-20-19-27(34)21-25(31)3)42(40,41)29-17-9-6-10-18-29/h6,9-14,17-21,28,30H,4-5,7-8,15-16,22-23H2,1-3H3,(H,35,39). The molecule has 1 aliphatic rings. The maximum Gasteiger partial charge on any atom is 0.264 e. The Hall–Kier alpha value is -3.36. The lowest BCUT2D eigenvalue weighted by molar-refractivity contribution is -0.140. The van der Waals surface area contributed by atoms with Crippen LogP contribution < -0.4 is 9.62 Å². The molecular weight excluding hydrogens is 570 g/mol. The Morgan fingerprint density at radius 3 is 2.24 bits per heavy atom. The number of rotatable bonds is 11. The third kappa shape index (κ3) is 7.53. The molecule has 1 aliphatic carbocycles. The van der Waals surface area contributed by atoms with Gasteiger partial charge in [0.05, 0.1) is 10.6 Å². The summed E-state index contributed by atoms with van der Waals surface area (Å²) in [7, 11) is -4.13. The normalized spacial score (nSPS) is 14.7. The van der Waals surface area contributed by atoms with Crippen LogP contribution in [0, 0.1) is 13.8 Å². The third-order valence-electron chi connectivity index (χ3n) is 7.98. The molecule has 3 aromatic rings. The van der Waals surface area contributed by atoms with Crippen molar-refractivity contribution in [3.63, 3.8) is 0 Å². The molecule has 4 rings (SSSR count). The van der Waals surface area contributed by atoms with Crippen molar-refractivity contribution in [2.45, 2.75) is 82.8 Å². The number of nitrogens with one attached hydrogen (secondary N) is 1. The Kier molecular flexibility index (Phi) is 10.7. The van der Waals surface area contributed by atoms with Gasteiger partial charge in [0.25, 0.3) is 10.0 Å². The van der Waals surface area contributed by atoms with E-state index in [1.54, 1.807) is 48.2 Å². The van der Waals surface area contributed by atoms with E-state index in [-0.39, 0.29) is 23.4 Å². The summed E-state index contributed by atoms with van der Waals surface area (Å²) >= 11 is 6.20. The minimum atomic E-state index is -4.13. The van der Waals surface area contributed by atoms with Gasteiger partial charge in [0.2, 0.25) is 11.8 Å². The molecule has 1 atom stereocenters. The third-order valence-corrected chi connectivity index (χ3v) is 9.99. The molecule has 9 heteroatoms. The molecule has 0 radical (unpaired) electrons. The predicted octanol–water partition coefficient (Wildman–Crippen LogP) is 6.41. The van der Waals surface area contributed by atoms with Crippen LogP contribution in [0.3, 0.4) is 0 Å². The van der Waals surface area contributed by atoms with Gasteiger partial charge >= 0.3 is 0 Å². The van der Waals surface area contributed by atoms with Crippen molar-refractivity contribution >= 4 is 39.1 Å². The lowest BCUT2D eigenvalue weighted by atomic mass is 9.95. The summed E-state index contributed by atoms with van der Waals surface area (Å²) in [4.78, 5) is 29.6. The predicted molar refractivity (Wildman–Crippen MR) is 168 cm³/mol. The minimum Gasteiger partial charge on any atom is -0.352 e. The molecule has 2 amide bonds. The highest BCUT2D eigenvalue weighted by Crippen LogP contribution is 2.30. The number of aryl methyl sites for hydroxylation is 2. The van der Waals surface area contributed by atoms with Gasteiger partial charge in [0, 0.05) is 17.6 Å². The van der Waals surface area contributed by atoms with Crippen LogP contribution in [0.5, 0.6) is 0 Å². The van der Waals surface area contributed by atoms with Crippen LogP contribution in [-0.4, -0.2) is 43.8 Å². The Bertz CT molecular complexity index is 1490. The summed E-state index contributed by atoms with van der Waals surface area (Å²) in [6.45, 7) is 5.31. The highest BCUT2D eigenvalue weighted by molar-refractivity contribution is 7.92. The Morgan fingerprint density at radius 1 is 0.929 bits per heavy atom. The number of amides is 2. The minimum absolute atomic E-state index is 0.0692. The summed E-state index contributed by atoms with van der Waals surface area (Å²) in [5, 5.41) is 3.65. The zero-order chi connectivity index (χ0) is 30.3. The fourth-order valence-electron chi connectivity index (χ4n) is 5.57. The van der Waals surface area contributed by atoms with Crippen LogP contribution >= 0.6 is 11.6 Å². The lowest BCUT2D eigenvalue weighted by Gasteiger charge is -2.35. The van der Waals surface area contributed by atoms with Crippen LogP contribution in [0.15, 0.2) is 77.7 Å². The first-order valence-corrected chi connectivity index (χ1v) is 16.4. The highest BCUT2D eigenvalue weighted by Gasteiger charge is 2.35. The maximum absolute atomic E-state index is 14.3. The van der Waals surface area contributed by atoms with E-state index in [2.05, 4.69) is 5.32 Å². The molecule has 3 aromatic carbocycles. The second-order valence-corrected chi connectivity index (χ2v) is 13.3. The van der Waals surface area contributed by atoms with Crippen molar-refractivity contribution < 1.29 is 18.0 Å². The number of halogens is 1. The molecule has 0 aliphatic heterocycles. The molecule has 0 spiro atoms. The van der Waals surface area contributed by atoms with Crippen LogP contribution in [-0.2, 0) is 26.2 Å². The monoisotopic (exact) mass is 609 g/mol. The number of carbonyl (C=O) groups excluding carboxylic acids is 2. The average Bonchev–Trinajstić information content (AvgIpc) is 2.98. The van der Waals surface area contributed by atoms with Gasteiger partial charge in [0.15, 0.2) is 0 Å². The number of hydrogen-bond acceptors (Lipinski definition) is 4. The van der Waals surface area contributed by atoms with Crippen molar-refractivity contribution in [1.29, 1.82) is 0 Å². The highest BCUT2D eigenvalue weighted by atomic mass is 35.5. The average molecular weight is 610 g/mol. The summed E-state index contributed by atoms with van der Waals surface area (Å²) in [6, 6.07) is 20.0. The van der Waals surface area contributed by atoms with E-state index >= 15 is 0 Å². The number of carbonyl (C=O) groups is 2.